The van der Waals surface area contributed by atoms with Crippen molar-refractivity contribution in [2.75, 3.05) is 53.4 Å². The predicted octanol–water partition coefficient (Wildman–Crippen LogP) is 1.74. The van der Waals surface area contributed by atoms with E-state index in [1.54, 1.807) is 26.1 Å². The van der Waals surface area contributed by atoms with Crippen LogP contribution in [0.15, 0.2) is 23.2 Å². The summed E-state index contributed by atoms with van der Waals surface area (Å²) in [6.45, 7) is 3.57. The van der Waals surface area contributed by atoms with Gasteiger partial charge in [-0.1, -0.05) is 0 Å². The largest absolute Gasteiger partial charge is 0.497 e. The molecule has 0 saturated carbocycles. The van der Waals surface area contributed by atoms with E-state index in [4.69, 9.17) is 4.74 Å². The molecule has 1 aromatic rings. The first-order valence-corrected chi connectivity index (χ1v) is 9.47. The molecular formula is C19H30F2IN5O3. The number of hydrogen-bond acceptors (Lipinski definition) is 5. The van der Waals surface area contributed by atoms with Crippen molar-refractivity contribution in [1.82, 2.24) is 20.4 Å². The number of piperazine rings is 1. The van der Waals surface area contributed by atoms with Gasteiger partial charge in [-0.3, -0.25) is 14.7 Å². The molecule has 0 bridgehead atoms. The summed E-state index contributed by atoms with van der Waals surface area (Å²) in [6.07, 6.45) is 0. The van der Waals surface area contributed by atoms with Crippen molar-refractivity contribution in [3.05, 3.63) is 23.8 Å². The highest BCUT2D eigenvalue weighted by atomic mass is 127. The van der Waals surface area contributed by atoms with Gasteiger partial charge in [0.05, 0.1) is 7.11 Å². The van der Waals surface area contributed by atoms with Crippen LogP contribution in [-0.2, 0) is 11.3 Å². The number of aliphatic imine (C=N–C) groups is 1. The maximum Gasteiger partial charge on any atom is 0.387 e. The molecule has 0 aliphatic carbocycles. The molecule has 0 unspecified atom stereocenters. The molecule has 1 amide bonds. The Balaban J connectivity index is 0.00000450. The number of alkyl halides is 2. The van der Waals surface area contributed by atoms with E-state index in [0.717, 1.165) is 32.7 Å². The number of benzene rings is 1. The molecule has 0 spiro atoms. The lowest BCUT2D eigenvalue weighted by molar-refractivity contribution is -0.130. The number of carbonyl (C=O) groups is 1. The molecule has 170 valence electrons. The van der Waals surface area contributed by atoms with Crippen LogP contribution in [0.2, 0.25) is 0 Å². The Morgan fingerprint density at radius 2 is 1.93 bits per heavy atom. The van der Waals surface area contributed by atoms with Crippen molar-refractivity contribution >= 4 is 35.8 Å². The third-order valence-corrected chi connectivity index (χ3v) is 4.69. The van der Waals surface area contributed by atoms with Crippen LogP contribution >= 0.6 is 24.0 Å². The quantitative estimate of drug-likeness (QED) is 0.297. The minimum absolute atomic E-state index is 0. The zero-order valence-corrected chi connectivity index (χ0v) is 19.8. The summed E-state index contributed by atoms with van der Waals surface area (Å²) in [7, 11) is 3.15. The molecule has 1 aromatic carbocycles. The molecule has 1 heterocycles. The first-order valence-electron chi connectivity index (χ1n) is 9.47. The Bertz CT molecular complexity index is 701. The average molecular weight is 541 g/mol. The van der Waals surface area contributed by atoms with Gasteiger partial charge in [0, 0.05) is 65.3 Å². The molecule has 0 atom stereocenters. The number of nitrogens with one attached hydrogen (secondary N) is 2. The highest BCUT2D eigenvalue weighted by Gasteiger charge is 2.18. The molecular weight excluding hydrogens is 511 g/mol. The normalized spacial score (nSPS) is 14.9. The van der Waals surface area contributed by atoms with Gasteiger partial charge in [0.2, 0.25) is 5.91 Å². The third-order valence-electron chi connectivity index (χ3n) is 4.69. The molecule has 1 fully saturated rings. The number of nitrogens with zero attached hydrogens (tertiary/aromatic N) is 3. The monoisotopic (exact) mass is 541 g/mol. The Morgan fingerprint density at radius 3 is 2.50 bits per heavy atom. The van der Waals surface area contributed by atoms with E-state index in [2.05, 4.69) is 25.3 Å². The Kier molecular flexibility index (Phi) is 11.7. The summed E-state index contributed by atoms with van der Waals surface area (Å²) in [6, 6.07) is 4.67. The summed E-state index contributed by atoms with van der Waals surface area (Å²) in [4.78, 5) is 19.6. The van der Waals surface area contributed by atoms with Crippen LogP contribution in [0, 0.1) is 0 Å². The number of amides is 1. The molecule has 0 radical (unpaired) electrons. The van der Waals surface area contributed by atoms with Gasteiger partial charge in [-0.15, -0.1) is 24.0 Å². The number of carbonyl (C=O) groups excluding carboxylic acids is 1. The molecule has 1 aliphatic rings. The molecule has 1 aliphatic heterocycles. The van der Waals surface area contributed by atoms with E-state index in [-0.39, 0.29) is 42.2 Å². The number of halogens is 3. The van der Waals surface area contributed by atoms with Crippen molar-refractivity contribution in [3.8, 4) is 11.5 Å². The molecule has 30 heavy (non-hydrogen) atoms. The molecule has 8 nitrogen and oxygen atoms in total. The summed E-state index contributed by atoms with van der Waals surface area (Å²) in [5.74, 6) is 1.31. The second kappa shape index (κ2) is 13.4. The highest BCUT2D eigenvalue weighted by Crippen LogP contribution is 2.25. The Morgan fingerprint density at radius 1 is 1.23 bits per heavy atom. The fourth-order valence-electron chi connectivity index (χ4n) is 3.05. The molecule has 0 aromatic heterocycles. The summed E-state index contributed by atoms with van der Waals surface area (Å²) in [5, 5.41) is 6.30. The van der Waals surface area contributed by atoms with Gasteiger partial charge < -0.3 is 25.0 Å². The van der Waals surface area contributed by atoms with Crippen LogP contribution in [0.4, 0.5) is 8.78 Å². The van der Waals surface area contributed by atoms with E-state index in [9.17, 15) is 13.6 Å². The Hall–Kier alpha value is -1.89. The van der Waals surface area contributed by atoms with Gasteiger partial charge in [0.15, 0.2) is 5.96 Å². The smallest absolute Gasteiger partial charge is 0.387 e. The maximum atomic E-state index is 12.6. The van der Waals surface area contributed by atoms with Gasteiger partial charge in [0.1, 0.15) is 11.5 Å². The SMILES string of the molecule is CN=C(NCCN1CCN(C(C)=O)CC1)NCc1cc(OC)ccc1OC(F)F.I. The van der Waals surface area contributed by atoms with Gasteiger partial charge in [0.25, 0.3) is 0 Å². The maximum absolute atomic E-state index is 12.6. The number of guanidine groups is 1. The fourth-order valence-corrected chi connectivity index (χ4v) is 3.05. The summed E-state index contributed by atoms with van der Waals surface area (Å²) < 4.78 is 35.0. The summed E-state index contributed by atoms with van der Waals surface area (Å²) >= 11 is 0. The first-order chi connectivity index (χ1) is 13.9. The van der Waals surface area contributed by atoms with Crippen LogP contribution in [0.3, 0.4) is 0 Å². The number of methoxy groups -OCH3 is 1. The van der Waals surface area contributed by atoms with Crippen molar-refractivity contribution < 1.29 is 23.0 Å². The number of ether oxygens (including phenoxy) is 2. The van der Waals surface area contributed by atoms with Gasteiger partial charge in [-0.05, 0) is 18.2 Å². The van der Waals surface area contributed by atoms with E-state index in [0.29, 0.717) is 23.8 Å². The van der Waals surface area contributed by atoms with Crippen LogP contribution in [0.25, 0.3) is 0 Å². The lowest BCUT2D eigenvalue weighted by Crippen LogP contribution is -2.50. The third kappa shape index (κ3) is 8.46. The van der Waals surface area contributed by atoms with Gasteiger partial charge in [-0.2, -0.15) is 8.78 Å². The molecule has 11 heteroatoms. The second-order valence-corrected chi connectivity index (χ2v) is 6.55. The van der Waals surface area contributed by atoms with E-state index in [1.807, 2.05) is 4.90 Å². The lowest BCUT2D eigenvalue weighted by atomic mass is 10.2. The van der Waals surface area contributed by atoms with E-state index in [1.165, 1.54) is 13.2 Å². The molecule has 2 rings (SSSR count). The van der Waals surface area contributed by atoms with Crippen LogP contribution < -0.4 is 20.1 Å². The lowest BCUT2D eigenvalue weighted by Gasteiger charge is -2.34. The van der Waals surface area contributed by atoms with Crippen molar-refractivity contribution in [1.29, 1.82) is 0 Å². The average Bonchev–Trinajstić information content (AvgIpc) is 2.71. The molecule has 2 N–H and O–H groups in total. The van der Waals surface area contributed by atoms with E-state index >= 15 is 0 Å². The second-order valence-electron chi connectivity index (χ2n) is 6.55. The molecule has 1 saturated heterocycles. The van der Waals surface area contributed by atoms with Crippen molar-refractivity contribution in [3.63, 3.8) is 0 Å². The van der Waals surface area contributed by atoms with Gasteiger partial charge >= 0.3 is 6.61 Å². The summed E-state index contributed by atoms with van der Waals surface area (Å²) in [5.41, 5.74) is 0.535. The predicted molar refractivity (Wildman–Crippen MR) is 122 cm³/mol. The van der Waals surface area contributed by atoms with Crippen molar-refractivity contribution in [2.24, 2.45) is 4.99 Å². The zero-order valence-electron chi connectivity index (χ0n) is 17.5. The zero-order chi connectivity index (χ0) is 21.2. The standard InChI is InChI=1S/C19H29F2N5O3.HI/c1-14(27)26-10-8-25(9-11-26)7-6-23-19(22-2)24-13-15-12-16(28-3)4-5-17(15)29-18(20)21;/h4-5,12,18H,6-11,13H2,1-3H3,(H2,22,23,24);1H. The van der Waals surface area contributed by atoms with E-state index < -0.39 is 6.61 Å². The van der Waals surface area contributed by atoms with Crippen LogP contribution in [0.5, 0.6) is 11.5 Å². The first kappa shape index (κ1) is 26.1. The van der Waals surface area contributed by atoms with Crippen LogP contribution in [-0.4, -0.2) is 81.7 Å². The number of hydrogen-bond donors (Lipinski definition) is 2. The fraction of sp³-hybridized carbons (Fsp3) is 0.579. The Labute approximate surface area is 193 Å². The van der Waals surface area contributed by atoms with Crippen molar-refractivity contribution in [2.45, 2.75) is 20.1 Å². The topological polar surface area (TPSA) is 78.4 Å². The highest BCUT2D eigenvalue weighted by molar-refractivity contribution is 14.0. The minimum Gasteiger partial charge on any atom is -0.497 e. The number of rotatable bonds is 8. The van der Waals surface area contributed by atoms with Gasteiger partial charge in [-0.25, -0.2) is 0 Å². The van der Waals surface area contributed by atoms with Crippen LogP contribution in [0.1, 0.15) is 12.5 Å². The minimum atomic E-state index is -2.90.